The highest BCUT2D eigenvalue weighted by Crippen LogP contribution is 2.20. The van der Waals surface area contributed by atoms with Gasteiger partial charge in [-0.05, 0) is 49.1 Å². The summed E-state index contributed by atoms with van der Waals surface area (Å²) in [5.41, 5.74) is 5.67. The third kappa shape index (κ3) is 5.33. The number of methoxy groups -OCH3 is 1. The normalized spacial score (nSPS) is 18.5. The van der Waals surface area contributed by atoms with Crippen LogP contribution in [0.4, 0.5) is 0 Å². The Balaban J connectivity index is 0.00000338. The van der Waals surface area contributed by atoms with Gasteiger partial charge in [0.1, 0.15) is 11.8 Å². The molecule has 0 aromatic heterocycles. The van der Waals surface area contributed by atoms with Crippen molar-refractivity contribution in [3.05, 3.63) is 24.3 Å². The summed E-state index contributed by atoms with van der Waals surface area (Å²) < 4.78 is 32.9. The van der Waals surface area contributed by atoms with E-state index in [4.69, 9.17) is 10.5 Å². The maximum atomic E-state index is 12.8. The number of hydrogen-bond acceptors (Lipinski definition) is 5. The molecule has 148 valence electrons. The summed E-state index contributed by atoms with van der Waals surface area (Å²) in [4.78, 5) is 14.6. The number of nitrogens with two attached hydrogens (primary N) is 1. The lowest BCUT2D eigenvalue weighted by Crippen LogP contribution is -2.50. The molecule has 1 aromatic rings. The molecule has 1 aliphatic rings. The second-order valence-corrected chi connectivity index (χ2v) is 8.41. The van der Waals surface area contributed by atoms with Gasteiger partial charge in [-0.25, -0.2) is 8.42 Å². The van der Waals surface area contributed by atoms with Crippen LogP contribution in [-0.4, -0.2) is 52.0 Å². The summed E-state index contributed by atoms with van der Waals surface area (Å²) >= 11 is 0. The van der Waals surface area contributed by atoms with E-state index in [1.807, 2.05) is 13.8 Å². The van der Waals surface area contributed by atoms with Crippen LogP contribution in [0.5, 0.6) is 5.75 Å². The number of ether oxygens (including phenoxy) is 1. The zero-order valence-electron chi connectivity index (χ0n) is 15.3. The smallest absolute Gasteiger partial charge is 0.241 e. The molecule has 7 nitrogen and oxygen atoms in total. The Morgan fingerprint density at radius 3 is 2.42 bits per heavy atom. The van der Waals surface area contributed by atoms with Gasteiger partial charge in [0.05, 0.1) is 12.0 Å². The summed E-state index contributed by atoms with van der Waals surface area (Å²) in [6.07, 6.45) is 0.859. The van der Waals surface area contributed by atoms with E-state index in [1.54, 1.807) is 17.0 Å². The molecular formula is C17H28ClN3O4S. The van der Waals surface area contributed by atoms with Crippen LogP contribution in [0.25, 0.3) is 0 Å². The van der Waals surface area contributed by atoms with Crippen molar-refractivity contribution in [2.45, 2.75) is 31.2 Å². The lowest BCUT2D eigenvalue weighted by molar-refractivity contribution is -0.133. The van der Waals surface area contributed by atoms with Crippen LogP contribution < -0.4 is 15.2 Å². The minimum atomic E-state index is -3.80. The molecule has 2 atom stereocenters. The maximum Gasteiger partial charge on any atom is 0.241 e. The first-order valence-corrected chi connectivity index (χ1v) is 9.92. The van der Waals surface area contributed by atoms with Crippen LogP contribution >= 0.6 is 12.4 Å². The Morgan fingerprint density at radius 2 is 1.96 bits per heavy atom. The van der Waals surface area contributed by atoms with Crippen molar-refractivity contribution in [2.24, 2.45) is 17.6 Å². The van der Waals surface area contributed by atoms with E-state index < -0.39 is 16.1 Å². The standard InChI is InChI=1S/C17H27N3O4S.ClH/c1-12(2)16(17(21)20-9-8-13(10-18)11-20)19-25(22,23)15-6-4-14(24-3)5-7-15;/h4-7,12-13,16,19H,8-11,18H2,1-3H3;1H. The topological polar surface area (TPSA) is 102 Å². The van der Waals surface area contributed by atoms with E-state index in [0.717, 1.165) is 6.42 Å². The van der Waals surface area contributed by atoms with Crippen LogP contribution in [0.15, 0.2) is 29.2 Å². The number of likely N-dealkylation sites (tertiary alicyclic amines) is 1. The van der Waals surface area contributed by atoms with Gasteiger partial charge in [-0.3, -0.25) is 4.79 Å². The number of nitrogens with one attached hydrogen (secondary N) is 1. The second-order valence-electron chi connectivity index (χ2n) is 6.69. The van der Waals surface area contributed by atoms with Gasteiger partial charge in [0, 0.05) is 13.1 Å². The molecule has 0 bridgehead atoms. The lowest BCUT2D eigenvalue weighted by Gasteiger charge is -2.27. The molecule has 1 amide bonds. The molecule has 9 heteroatoms. The molecule has 0 saturated carbocycles. The Labute approximate surface area is 161 Å². The van der Waals surface area contributed by atoms with E-state index in [-0.39, 0.29) is 35.0 Å². The molecule has 0 aliphatic carbocycles. The van der Waals surface area contributed by atoms with Gasteiger partial charge >= 0.3 is 0 Å². The van der Waals surface area contributed by atoms with Crippen molar-refractivity contribution in [1.29, 1.82) is 0 Å². The number of halogens is 1. The van der Waals surface area contributed by atoms with E-state index in [0.29, 0.717) is 25.4 Å². The average molecular weight is 406 g/mol. The quantitative estimate of drug-likeness (QED) is 0.710. The molecule has 2 unspecified atom stereocenters. The number of carbonyl (C=O) groups is 1. The molecule has 1 aromatic carbocycles. The van der Waals surface area contributed by atoms with E-state index in [1.165, 1.54) is 19.2 Å². The van der Waals surface area contributed by atoms with Crippen LogP contribution in [0.3, 0.4) is 0 Å². The highest BCUT2D eigenvalue weighted by Gasteiger charge is 2.34. The third-order valence-corrected chi connectivity index (χ3v) is 5.97. The Kier molecular flexibility index (Phi) is 8.33. The fourth-order valence-electron chi connectivity index (χ4n) is 2.88. The molecule has 0 spiro atoms. The van der Waals surface area contributed by atoms with Crippen LogP contribution in [-0.2, 0) is 14.8 Å². The Bertz CT molecular complexity index is 694. The number of amides is 1. The first-order valence-electron chi connectivity index (χ1n) is 8.43. The number of hydrogen-bond donors (Lipinski definition) is 2. The van der Waals surface area contributed by atoms with Crippen molar-refractivity contribution in [1.82, 2.24) is 9.62 Å². The minimum absolute atomic E-state index is 0. The highest BCUT2D eigenvalue weighted by molar-refractivity contribution is 7.89. The lowest BCUT2D eigenvalue weighted by atomic mass is 10.0. The van der Waals surface area contributed by atoms with Crippen molar-refractivity contribution in [3.8, 4) is 5.75 Å². The number of rotatable bonds is 7. The van der Waals surface area contributed by atoms with Crippen molar-refractivity contribution in [3.63, 3.8) is 0 Å². The van der Waals surface area contributed by atoms with Gasteiger partial charge in [-0.2, -0.15) is 4.72 Å². The highest BCUT2D eigenvalue weighted by atomic mass is 35.5. The largest absolute Gasteiger partial charge is 0.497 e. The fraction of sp³-hybridized carbons (Fsp3) is 0.588. The van der Waals surface area contributed by atoms with Gasteiger partial charge in [0.25, 0.3) is 0 Å². The summed E-state index contributed by atoms with van der Waals surface area (Å²) in [7, 11) is -2.29. The Morgan fingerprint density at radius 1 is 1.35 bits per heavy atom. The van der Waals surface area contributed by atoms with Crippen molar-refractivity contribution in [2.75, 3.05) is 26.7 Å². The van der Waals surface area contributed by atoms with Crippen LogP contribution in [0.1, 0.15) is 20.3 Å². The summed E-state index contributed by atoms with van der Waals surface area (Å²) in [5.74, 6) is 0.496. The SMILES string of the molecule is COc1ccc(S(=O)(=O)NC(C(=O)N2CCC(CN)C2)C(C)C)cc1.Cl. The van der Waals surface area contributed by atoms with E-state index >= 15 is 0 Å². The average Bonchev–Trinajstić information content (AvgIpc) is 3.08. The molecule has 1 fully saturated rings. The molecule has 26 heavy (non-hydrogen) atoms. The summed E-state index contributed by atoms with van der Waals surface area (Å²) in [6, 6.07) is 5.27. The number of nitrogens with zero attached hydrogens (tertiary/aromatic N) is 1. The van der Waals surface area contributed by atoms with Gasteiger partial charge in [-0.15, -0.1) is 12.4 Å². The molecule has 2 rings (SSSR count). The van der Waals surface area contributed by atoms with E-state index in [9.17, 15) is 13.2 Å². The molecule has 1 saturated heterocycles. The van der Waals surface area contributed by atoms with Crippen LogP contribution in [0, 0.1) is 11.8 Å². The zero-order chi connectivity index (χ0) is 18.6. The summed E-state index contributed by atoms with van der Waals surface area (Å²) in [6.45, 7) is 5.40. The summed E-state index contributed by atoms with van der Waals surface area (Å²) in [5, 5.41) is 0. The first-order chi connectivity index (χ1) is 11.8. The molecule has 0 radical (unpaired) electrons. The van der Waals surface area contributed by atoms with Gasteiger partial charge in [0.2, 0.25) is 15.9 Å². The predicted octanol–water partition coefficient (Wildman–Crippen LogP) is 1.23. The van der Waals surface area contributed by atoms with Crippen LogP contribution in [0.2, 0.25) is 0 Å². The minimum Gasteiger partial charge on any atom is -0.497 e. The first kappa shape index (κ1) is 22.7. The Hall–Kier alpha value is -1.35. The number of sulfonamides is 1. The number of carbonyl (C=O) groups excluding carboxylic acids is 1. The second kappa shape index (κ2) is 9.55. The fourth-order valence-corrected chi connectivity index (χ4v) is 4.22. The number of benzene rings is 1. The monoisotopic (exact) mass is 405 g/mol. The zero-order valence-corrected chi connectivity index (χ0v) is 17.0. The van der Waals surface area contributed by atoms with Crippen molar-refractivity contribution < 1.29 is 17.9 Å². The van der Waals surface area contributed by atoms with Gasteiger partial charge in [-0.1, -0.05) is 13.8 Å². The molecule has 1 heterocycles. The predicted molar refractivity (Wildman–Crippen MR) is 103 cm³/mol. The molecule has 1 aliphatic heterocycles. The van der Waals surface area contributed by atoms with Crippen molar-refractivity contribution >= 4 is 28.3 Å². The molecular weight excluding hydrogens is 378 g/mol. The van der Waals surface area contributed by atoms with Gasteiger partial charge < -0.3 is 15.4 Å². The third-order valence-electron chi connectivity index (χ3n) is 4.52. The maximum absolute atomic E-state index is 12.8. The van der Waals surface area contributed by atoms with E-state index in [2.05, 4.69) is 4.72 Å². The molecule has 3 N–H and O–H groups in total. The van der Waals surface area contributed by atoms with Gasteiger partial charge in [0.15, 0.2) is 0 Å².